The lowest BCUT2D eigenvalue weighted by Gasteiger charge is -2.32. The summed E-state index contributed by atoms with van der Waals surface area (Å²) in [7, 11) is -2.54. The summed E-state index contributed by atoms with van der Waals surface area (Å²) in [5.74, 6) is -0.196. The predicted molar refractivity (Wildman–Crippen MR) is 153 cm³/mol. The highest BCUT2D eigenvalue weighted by atomic mass is 32.2. The van der Waals surface area contributed by atoms with Crippen molar-refractivity contribution in [3.63, 3.8) is 0 Å². The lowest BCUT2D eigenvalue weighted by molar-refractivity contribution is -0.139. The molecule has 0 spiro atoms. The van der Waals surface area contributed by atoms with Crippen LogP contribution in [-0.2, 0) is 26.2 Å². The minimum absolute atomic E-state index is 0.0733. The van der Waals surface area contributed by atoms with Gasteiger partial charge in [-0.2, -0.15) is 0 Å². The van der Waals surface area contributed by atoms with Crippen molar-refractivity contribution in [1.29, 1.82) is 0 Å². The third kappa shape index (κ3) is 7.38. The van der Waals surface area contributed by atoms with Crippen molar-refractivity contribution in [2.24, 2.45) is 0 Å². The van der Waals surface area contributed by atoms with Crippen molar-refractivity contribution < 1.29 is 22.7 Å². The van der Waals surface area contributed by atoms with Crippen LogP contribution in [0.2, 0.25) is 0 Å². The largest absolute Gasteiger partial charge is 0.497 e. The smallest absolute Gasteiger partial charge is 0.264 e. The number of rotatable bonds is 12. The highest BCUT2D eigenvalue weighted by Gasteiger charge is 2.32. The third-order valence-corrected chi connectivity index (χ3v) is 8.38. The fraction of sp³-hybridized carbons (Fsp3) is 0.333. The van der Waals surface area contributed by atoms with Crippen LogP contribution >= 0.6 is 0 Å². The van der Waals surface area contributed by atoms with Gasteiger partial charge in [-0.3, -0.25) is 13.9 Å². The Morgan fingerprint density at radius 1 is 0.949 bits per heavy atom. The van der Waals surface area contributed by atoms with E-state index < -0.39 is 28.5 Å². The molecule has 0 saturated carbocycles. The molecule has 0 bridgehead atoms. The van der Waals surface area contributed by atoms with Crippen molar-refractivity contribution in [1.82, 2.24) is 10.2 Å². The molecule has 208 valence electrons. The minimum Gasteiger partial charge on any atom is -0.497 e. The number of aryl methyl sites for hydroxylation is 2. The summed E-state index contributed by atoms with van der Waals surface area (Å²) in [5.41, 5.74) is 3.03. The van der Waals surface area contributed by atoms with Crippen LogP contribution in [0.15, 0.2) is 77.7 Å². The summed E-state index contributed by atoms with van der Waals surface area (Å²) in [5, 5.41) is 2.84. The molecule has 0 unspecified atom stereocenters. The number of nitrogens with zero attached hydrogens (tertiary/aromatic N) is 2. The van der Waals surface area contributed by atoms with Crippen molar-refractivity contribution in [3.8, 4) is 5.75 Å². The van der Waals surface area contributed by atoms with E-state index in [9.17, 15) is 18.0 Å². The first-order valence-electron chi connectivity index (χ1n) is 12.9. The zero-order valence-electron chi connectivity index (χ0n) is 23.2. The van der Waals surface area contributed by atoms with E-state index in [1.807, 2.05) is 32.9 Å². The Labute approximate surface area is 231 Å². The molecule has 0 radical (unpaired) electrons. The first kappa shape index (κ1) is 29.7. The molecule has 0 aliphatic heterocycles. The highest BCUT2D eigenvalue weighted by molar-refractivity contribution is 7.92. The van der Waals surface area contributed by atoms with Crippen molar-refractivity contribution >= 4 is 27.5 Å². The normalized spacial score (nSPS) is 11.9. The van der Waals surface area contributed by atoms with Crippen LogP contribution in [0.1, 0.15) is 37.0 Å². The van der Waals surface area contributed by atoms with Crippen LogP contribution in [0.25, 0.3) is 0 Å². The summed E-state index contributed by atoms with van der Waals surface area (Å²) in [6.07, 6.45) is 0.748. The lowest BCUT2D eigenvalue weighted by atomic mass is 10.1. The quantitative estimate of drug-likeness (QED) is 0.359. The number of ether oxygens (including phenoxy) is 1. The zero-order valence-corrected chi connectivity index (χ0v) is 24.0. The van der Waals surface area contributed by atoms with Crippen LogP contribution in [0.4, 0.5) is 5.69 Å². The molecular formula is C30H37N3O5S. The van der Waals surface area contributed by atoms with Crippen LogP contribution in [-0.4, -0.2) is 51.4 Å². The second-order valence-corrected chi connectivity index (χ2v) is 11.3. The van der Waals surface area contributed by atoms with Crippen LogP contribution in [0.5, 0.6) is 5.75 Å². The van der Waals surface area contributed by atoms with Gasteiger partial charge < -0.3 is 15.0 Å². The summed E-state index contributed by atoms with van der Waals surface area (Å²) in [6, 6.07) is 19.7. The van der Waals surface area contributed by atoms with Gasteiger partial charge in [-0.1, -0.05) is 43.3 Å². The number of carbonyl (C=O) groups excluding carboxylic acids is 2. The Hall–Kier alpha value is -3.85. The van der Waals surface area contributed by atoms with E-state index in [1.165, 1.54) is 17.0 Å². The van der Waals surface area contributed by atoms with Gasteiger partial charge in [-0.25, -0.2) is 8.42 Å². The van der Waals surface area contributed by atoms with Crippen LogP contribution < -0.4 is 14.4 Å². The number of benzene rings is 3. The molecule has 2 amide bonds. The van der Waals surface area contributed by atoms with Crippen molar-refractivity contribution in [2.75, 3.05) is 24.5 Å². The zero-order chi connectivity index (χ0) is 28.6. The molecular weight excluding hydrogens is 514 g/mol. The molecule has 3 aromatic rings. The Morgan fingerprint density at radius 3 is 2.31 bits per heavy atom. The monoisotopic (exact) mass is 551 g/mol. The number of nitrogens with one attached hydrogen (secondary N) is 1. The average Bonchev–Trinajstić information content (AvgIpc) is 2.94. The molecule has 39 heavy (non-hydrogen) atoms. The molecule has 0 aliphatic carbocycles. The Bertz CT molecular complexity index is 1390. The Morgan fingerprint density at radius 2 is 1.67 bits per heavy atom. The van der Waals surface area contributed by atoms with Gasteiger partial charge in [0.1, 0.15) is 18.3 Å². The predicted octanol–water partition coefficient (Wildman–Crippen LogP) is 4.45. The molecule has 1 N–H and O–H groups in total. The number of hydrogen-bond donors (Lipinski definition) is 1. The second kappa shape index (κ2) is 13.3. The molecule has 0 saturated heterocycles. The van der Waals surface area contributed by atoms with E-state index >= 15 is 0 Å². The summed E-state index contributed by atoms with van der Waals surface area (Å²) in [4.78, 5) is 28.4. The van der Waals surface area contributed by atoms with Crippen LogP contribution in [0, 0.1) is 13.8 Å². The molecule has 3 rings (SSSR count). The van der Waals surface area contributed by atoms with Gasteiger partial charge in [0, 0.05) is 13.1 Å². The van der Waals surface area contributed by atoms with E-state index in [0.717, 1.165) is 27.4 Å². The van der Waals surface area contributed by atoms with Crippen molar-refractivity contribution in [2.45, 2.75) is 51.6 Å². The molecule has 0 aromatic heterocycles. The van der Waals surface area contributed by atoms with Gasteiger partial charge in [0.25, 0.3) is 10.0 Å². The topological polar surface area (TPSA) is 96.0 Å². The summed E-state index contributed by atoms with van der Waals surface area (Å²) < 4.78 is 34.1. The first-order valence-corrected chi connectivity index (χ1v) is 14.4. The van der Waals surface area contributed by atoms with Crippen LogP contribution in [0.3, 0.4) is 0 Å². The molecule has 1 atom stereocenters. The Kier molecular flexibility index (Phi) is 10.1. The lowest BCUT2D eigenvalue weighted by Crippen LogP contribution is -2.51. The Balaban J connectivity index is 2.04. The van der Waals surface area contributed by atoms with Gasteiger partial charge in [0.2, 0.25) is 11.8 Å². The molecule has 9 heteroatoms. The highest BCUT2D eigenvalue weighted by Crippen LogP contribution is 2.26. The van der Waals surface area contributed by atoms with E-state index in [2.05, 4.69) is 5.32 Å². The second-order valence-electron chi connectivity index (χ2n) is 9.43. The minimum atomic E-state index is -4.09. The fourth-order valence-corrected chi connectivity index (χ4v) is 5.50. The van der Waals surface area contributed by atoms with E-state index in [1.54, 1.807) is 62.6 Å². The molecule has 3 aromatic carbocycles. The van der Waals surface area contributed by atoms with Gasteiger partial charge >= 0.3 is 0 Å². The van der Waals surface area contributed by atoms with Gasteiger partial charge in [0.05, 0.1) is 17.7 Å². The number of methoxy groups -OCH3 is 1. The maximum absolute atomic E-state index is 13.9. The molecule has 8 nitrogen and oxygen atoms in total. The number of amides is 2. The SMILES string of the molecule is CCCNC(=O)[C@@H](C)N(Cc1cccc(OC)c1)C(=O)CN(c1ccc(C)c(C)c1)S(=O)(=O)c1ccccc1. The van der Waals surface area contributed by atoms with Gasteiger partial charge in [-0.05, 0) is 80.3 Å². The number of carbonyl (C=O) groups is 2. The standard InChI is InChI=1S/C30H37N3O5S/c1-6-17-31-30(35)24(4)32(20-25-11-10-12-27(19-25)38-5)29(34)21-33(26-16-15-22(2)23(3)18-26)39(36,37)28-13-8-7-9-14-28/h7-16,18-19,24H,6,17,20-21H2,1-5H3,(H,31,35)/t24-/m1/s1. The maximum Gasteiger partial charge on any atom is 0.264 e. The number of sulfonamides is 1. The number of anilines is 1. The summed E-state index contributed by atoms with van der Waals surface area (Å²) in [6.45, 7) is 7.52. The number of hydrogen-bond acceptors (Lipinski definition) is 5. The molecule has 0 heterocycles. The maximum atomic E-state index is 13.9. The average molecular weight is 552 g/mol. The fourth-order valence-electron chi connectivity index (χ4n) is 4.08. The molecule has 0 fully saturated rings. The first-order chi connectivity index (χ1) is 18.6. The van der Waals surface area contributed by atoms with Gasteiger partial charge in [-0.15, -0.1) is 0 Å². The third-order valence-electron chi connectivity index (χ3n) is 6.59. The van der Waals surface area contributed by atoms with E-state index in [4.69, 9.17) is 4.74 Å². The van der Waals surface area contributed by atoms with Gasteiger partial charge in [0.15, 0.2) is 0 Å². The van der Waals surface area contributed by atoms with E-state index in [-0.39, 0.29) is 17.3 Å². The molecule has 0 aliphatic rings. The van der Waals surface area contributed by atoms with Crippen molar-refractivity contribution in [3.05, 3.63) is 89.5 Å². The van der Waals surface area contributed by atoms with E-state index in [0.29, 0.717) is 18.0 Å². The summed E-state index contributed by atoms with van der Waals surface area (Å²) >= 11 is 0.